The Balaban J connectivity index is 2.62. The van der Waals surface area contributed by atoms with Gasteiger partial charge in [0.05, 0.1) is 7.11 Å². The average molecular weight is 284 g/mol. The predicted octanol–water partition coefficient (Wildman–Crippen LogP) is 3.07. The Kier molecular flexibility index (Phi) is 7.25. The van der Waals surface area contributed by atoms with Crippen LogP contribution in [0.4, 0.5) is 4.79 Å². The standard InChI is InChI=1S/C13H20N2O3S/c1-3-9-19-12(15-13(17)18-2)14-11(16)10-7-5-4-6-8-10/h3,9-10H,4-8H2,1-2H3,(H,14,15,16,17). The van der Waals surface area contributed by atoms with E-state index in [1.54, 1.807) is 5.41 Å². The van der Waals surface area contributed by atoms with Crippen LogP contribution in [-0.2, 0) is 9.53 Å². The van der Waals surface area contributed by atoms with Crippen molar-refractivity contribution < 1.29 is 14.3 Å². The van der Waals surface area contributed by atoms with E-state index in [9.17, 15) is 9.59 Å². The summed E-state index contributed by atoms with van der Waals surface area (Å²) in [6.45, 7) is 1.85. The molecule has 0 bridgehead atoms. The predicted molar refractivity (Wildman–Crippen MR) is 77.0 cm³/mol. The molecule has 0 atom stereocenters. The van der Waals surface area contributed by atoms with Gasteiger partial charge >= 0.3 is 6.09 Å². The second-order valence-electron chi connectivity index (χ2n) is 4.30. The maximum absolute atomic E-state index is 12.1. The van der Waals surface area contributed by atoms with Crippen molar-refractivity contribution in [1.29, 1.82) is 0 Å². The van der Waals surface area contributed by atoms with Crippen LogP contribution in [0.3, 0.4) is 0 Å². The van der Waals surface area contributed by atoms with Crippen molar-refractivity contribution in [1.82, 2.24) is 5.32 Å². The van der Waals surface area contributed by atoms with E-state index in [1.807, 2.05) is 13.0 Å². The lowest BCUT2D eigenvalue weighted by molar-refractivity contribution is -0.124. The molecule has 0 spiro atoms. The maximum Gasteiger partial charge on any atom is 0.435 e. The third-order valence-corrected chi connectivity index (χ3v) is 3.71. The highest BCUT2D eigenvalue weighted by atomic mass is 32.2. The van der Waals surface area contributed by atoms with Crippen LogP contribution in [0.1, 0.15) is 39.0 Å². The summed E-state index contributed by atoms with van der Waals surface area (Å²) in [5, 5.41) is 4.73. The Morgan fingerprint density at radius 3 is 2.58 bits per heavy atom. The molecule has 1 aliphatic carbocycles. The number of aliphatic imine (C=N–C) groups is 1. The van der Waals surface area contributed by atoms with Gasteiger partial charge in [-0.15, -0.1) is 0 Å². The van der Waals surface area contributed by atoms with E-state index in [1.165, 1.54) is 25.3 Å². The molecule has 0 aliphatic heterocycles. The van der Waals surface area contributed by atoms with Crippen molar-refractivity contribution in [3.8, 4) is 0 Å². The summed E-state index contributed by atoms with van der Waals surface area (Å²) in [5.41, 5.74) is 0. The van der Waals surface area contributed by atoms with Crippen LogP contribution in [0, 0.1) is 5.92 Å². The van der Waals surface area contributed by atoms with Gasteiger partial charge in [-0.1, -0.05) is 37.1 Å². The summed E-state index contributed by atoms with van der Waals surface area (Å²) in [7, 11) is 1.26. The van der Waals surface area contributed by atoms with E-state index in [2.05, 4.69) is 15.0 Å². The molecule has 0 aromatic heterocycles. The lowest BCUT2D eigenvalue weighted by atomic mass is 9.89. The van der Waals surface area contributed by atoms with E-state index in [-0.39, 0.29) is 17.0 Å². The SMILES string of the molecule is CC=CSC(=NC(=O)OC)NC(=O)C1CCCCC1. The van der Waals surface area contributed by atoms with Crippen LogP contribution < -0.4 is 5.32 Å². The van der Waals surface area contributed by atoms with Gasteiger partial charge in [0.25, 0.3) is 0 Å². The number of nitrogens with one attached hydrogen (secondary N) is 1. The fourth-order valence-corrected chi connectivity index (χ4v) is 2.47. The molecule has 6 heteroatoms. The molecule has 1 aliphatic rings. The lowest BCUT2D eigenvalue weighted by Gasteiger charge is -2.20. The fraction of sp³-hybridized carbons (Fsp3) is 0.615. The summed E-state index contributed by atoms with van der Waals surface area (Å²) in [6.07, 6.45) is 6.28. The molecule has 5 nitrogen and oxygen atoms in total. The summed E-state index contributed by atoms with van der Waals surface area (Å²) >= 11 is 1.19. The van der Waals surface area contributed by atoms with E-state index < -0.39 is 6.09 Å². The lowest BCUT2D eigenvalue weighted by Crippen LogP contribution is -2.35. The molecule has 0 heterocycles. The van der Waals surface area contributed by atoms with E-state index in [4.69, 9.17) is 0 Å². The minimum atomic E-state index is -0.712. The van der Waals surface area contributed by atoms with Crippen LogP contribution in [0.25, 0.3) is 0 Å². The van der Waals surface area contributed by atoms with E-state index in [0.29, 0.717) is 0 Å². The maximum atomic E-state index is 12.1. The van der Waals surface area contributed by atoms with Gasteiger partial charge in [0.2, 0.25) is 5.91 Å². The molecule has 2 amide bonds. The molecule has 1 fully saturated rings. The van der Waals surface area contributed by atoms with Gasteiger partial charge < -0.3 is 10.1 Å². The fourth-order valence-electron chi connectivity index (χ4n) is 1.92. The number of nitrogens with zero attached hydrogens (tertiary/aromatic N) is 1. The second-order valence-corrected chi connectivity index (χ2v) is 5.19. The molecule has 19 heavy (non-hydrogen) atoms. The van der Waals surface area contributed by atoms with Gasteiger partial charge in [-0.2, -0.15) is 4.99 Å². The molecule has 106 valence electrons. The van der Waals surface area contributed by atoms with Gasteiger partial charge in [0, 0.05) is 5.92 Å². The number of methoxy groups -OCH3 is 1. The topological polar surface area (TPSA) is 67.8 Å². The van der Waals surface area contributed by atoms with Crippen molar-refractivity contribution >= 4 is 28.9 Å². The molecule has 0 unspecified atom stereocenters. The van der Waals surface area contributed by atoms with Gasteiger partial charge in [0.1, 0.15) is 0 Å². The average Bonchev–Trinajstić information content (AvgIpc) is 2.45. The minimum absolute atomic E-state index is 0.0304. The molecule has 0 saturated heterocycles. The zero-order valence-corrected chi connectivity index (χ0v) is 12.2. The van der Waals surface area contributed by atoms with Gasteiger partial charge in [-0.3, -0.25) is 4.79 Å². The van der Waals surface area contributed by atoms with Gasteiger partial charge in [0.15, 0.2) is 5.17 Å². The van der Waals surface area contributed by atoms with Crippen molar-refractivity contribution in [2.24, 2.45) is 10.9 Å². The van der Waals surface area contributed by atoms with Gasteiger partial charge in [-0.25, -0.2) is 4.79 Å². The summed E-state index contributed by atoms with van der Waals surface area (Å²) < 4.78 is 4.47. The van der Waals surface area contributed by atoms with Crippen LogP contribution >= 0.6 is 11.8 Å². The quantitative estimate of drug-likeness (QED) is 0.625. The van der Waals surface area contributed by atoms with Crippen LogP contribution in [0.5, 0.6) is 0 Å². The molecule has 1 rings (SSSR count). The number of hydrogen-bond acceptors (Lipinski definition) is 4. The Hall–Kier alpha value is -1.30. The third kappa shape index (κ3) is 5.92. The molecule has 0 radical (unpaired) electrons. The summed E-state index contributed by atoms with van der Waals surface area (Å²) in [4.78, 5) is 26.9. The molecular weight excluding hydrogens is 264 g/mol. The Morgan fingerprint density at radius 1 is 1.32 bits per heavy atom. The molecular formula is C13H20N2O3S. The number of thioether (sulfide) groups is 1. The van der Waals surface area contributed by atoms with E-state index in [0.717, 1.165) is 25.7 Å². The molecule has 1 saturated carbocycles. The molecule has 1 N–H and O–H groups in total. The first-order valence-electron chi connectivity index (χ1n) is 6.42. The Bertz CT molecular complexity index is 374. The second kappa shape index (κ2) is 8.74. The Labute approximate surface area is 117 Å². The number of ether oxygens (including phenoxy) is 1. The highest BCUT2D eigenvalue weighted by Gasteiger charge is 2.22. The third-order valence-electron chi connectivity index (χ3n) is 2.89. The van der Waals surface area contributed by atoms with Crippen molar-refractivity contribution in [3.05, 3.63) is 11.5 Å². The van der Waals surface area contributed by atoms with Crippen LogP contribution in [-0.4, -0.2) is 24.3 Å². The first-order valence-corrected chi connectivity index (χ1v) is 7.30. The van der Waals surface area contributed by atoms with Crippen molar-refractivity contribution in [3.63, 3.8) is 0 Å². The summed E-state index contributed by atoms with van der Waals surface area (Å²) in [6, 6.07) is 0. The van der Waals surface area contributed by atoms with Crippen LogP contribution in [0.15, 0.2) is 16.5 Å². The number of carbonyl (C=O) groups excluding carboxylic acids is 2. The highest BCUT2D eigenvalue weighted by molar-refractivity contribution is 8.16. The van der Waals surface area contributed by atoms with Crippen LogP contribution in [0.2, 0.25) is 0 Å². The number of amides is 2. The largest absolute Gasteiger partial charge is 0.451 e. The summed E-state index contributed by atoms with van der Waals surface area (Å²) in [5.74, 6) is -0.0258. The Morgan fingerprint density at radius 2 is 2.00 bits per heavy atom. The number of hydrogen-bond donors (Lipinski definition) is 1. The van der Waals surface area contributed by atoms with Crippen molar-refractivity contribution in [2.75, 3.05) is 7.11 Å². The highest BCUT2D eigenvalue weighted by Crippen LogP contribution is 2.23. The van der Waals surface area contributed by atoms with E-state index >= 15 is 0 Å². The first kappa shape index (κ1) is 15.8. The van der Waals surface area contributed by atoms with Crippen molar-refractivity contribution in [2.45, 2.75) is 39.0 Å². The molecule has 0 aromatic carbocycles. The number of rotatable bonds is 2. The minimum Gasteiger partial charge on any atom is -0.451 e. The molecule has 0 aromatic rings. The first-order chi connectivity index (χ1) is 9.17. The number of carbonyl (C=O) groups is 2. The zero-order valence-electron chi connectivity index (χ0n) is 11.3. The monoisotopic (exact) mass is 284 g/mol. The smallest absolute Gasteiger partial charge is 0.435 e. The normalized spacial score (nSPS) is 17.5. The van der Waals surface area contributed by atoms with Gasteiger partial charge in [-0.05, 0) is 25.2 Å². The number of allylic oxidation sites excluding steroid dienone is 1. The number of amidine groups is 1. The zero-order chi connectivity index (χ0) is 14.1.